The van der Waals surface area contributed by atoms with Crippen LogP contribution in [0.25, 0.3) is 0 Å². The summed E-state index contributed by atoms with van der Waals surface area (Å²) in [6.45, 7) is 1.30. The SMILES string of the molecule is CC(N)(CO)c1ccc(Cl)c(Cl)c1O. The number of nitrogens with two attached hydrogens (primary N) is 1. The number of phenolic OH excluding ortho intramolecular Hbond substituents is 1. The minimum Gasteiger partial charge on any atom is -0.506 e. The summed E-state index contributed by atoms with van der Waals surface area (Å²) < 4.78 is 0. The Morgan fingerprint density at radius 2 is 2.00 bits per heavy atom. The molecule has 1 rings (SSSR count). The molecule has 0 amide bonds. The van der Waals surface area contributed by atoms with Crippen LogP contribution in [0.3, 0.4) is 0 Å². The average Bonchev–Trinajstić information content (AvgIpc) is 2.14. The third-order valence-corrected chi connectivity index (χ3v) is 2.81. The molecule has 0 saturated heterocycles. The summed E-state index contributed by atoms with van der Waals surface area (Å²) in [7, 11) is 0. The number of benzene rings is 1. The van der Waals surface area contributed by atoms with E-state index in [1.165, 1.54) is 6.07 Å². The van der Waals surface area contributed by atoms with Crippen molar-refractivity contribution in [1.29, 1.82) is 0 Å². The number of aliphatic hydroxyl groups excluding tert-OH is 1. The van der Waals surface area contributed by atoms with E-state index in [0.717, 1.165) is 0 Å². The van der Waals surface area contributed by atoms with Crippen LogP contribution in [0, 0.1) is 0 Å². The van der Waals surface area contributed by atoms with Crippen molar-refractivity contribution in [1.82, 2.24) is 0 Å². The lowest BCUT2D eigenvalue weighted by Gasteiger charge is -2.23. The van der Waals surface area contributed by atoms with Gasteiger partial charge in [0.2, 0.25) is 0 Å². The highest BCUT2D eigenvalue weighted by molar-refractivity contribution is 6.43. The first-order valence-electron chi connectivity index (χ1n) is 3.97. The lowest BCUT2D eigenvalue weighted by Crippen LogP contribution is -2.37. The molecule has 4 N–H and O–H groups in total. The van der Waals surface area contributed by atoms with Crippen molar-refractivity contribution < 1.29 is 10.2 Å². The summed E-state index contributed by atoms with van der Waals surface area (Å²) in [5, 5.41) is 19.0. The summed E-state index contributed by atoms with van der Waals surface area (Å²) in [6.07, 6.45) is 0. The van der Waals surface area contributed by atoms with Crippen LogP contribution in [0.1, 0.15) is 12.5 Å². The van der Waals surface area contributed by atoms with E-state index in [1.807, 2.05) is 0 Å². The number of hydrogen-bond donors (Lipinski definition) is 3. The van der Waals surface area contributed by atoms with Crippen molar-refractivity contribution in [3.63, 3.8) is 0 Å². The summed E-state index contributed by atoms with van der Waals surface area (Å²) in [4.78, 5) is 0. The van der Waals surface area contributed by atoms with Gasteiger partial charge in [-0.3, -0.25) is 0 Å². The second-order valence-electron chi connectivity index (χ2n) is 3.33. The average molecular weight is 236 g/mol. The van der Waals surface area contributed by atoms with Gasteiger partial charge in [0.05, 0.1) is 17.2 Å². The monoisotopic (exact) mass is 235 g/mol. The normalized spacial score (nSPS) is 15.2. The van der Waals surface area contributed by atoms with Gasteiger partial charge in [0.1, 0.15) is 10.8 Å². The second-order valence-corrected chi connectivity index (χ2v) is 4.12. The van der Waals surface area contributed by atoms with Crippen LogP contribution < -0.4 is 5.73 Å². The molecule has 0 aliphatic heterocycles. The van der Waals surface area contributed by atoms with Gasteiger partial charge < -0.3 is 15.9 Å². The smallest absolute Gasteiger partial charge is 0.140 e. The first-order valence-corrected chi connectivity index (χ1v) is 4.73. The Balaban J connectivity index is 3.31. The fraction of sp³-hybridized carbons (Fsp3) is 0.333. The fourth-order valence-corrected chi connectivity index (χ4v) is 1.40. The van der Waals surface area contributed by atoms with Crippen molar-refractivity contribution in [2.75, 3.05) is 6.61 Å². The predicted octanol–water partition coefficient (Wildman–Crippen LogP) is 1.87. The quantitative estimate of drug-likeness (QED) is 0.734. The third-order valence-electron chi connectivity index (χ3n) is 2.01. The fourth-order valence-electron chi connectivity index (χ4n) is 1.09. The molecule has 0 heterocycles. The lowest BCUT2D eigenvalue weighted by molar-refractivity contribution is 0.207. The maximum atomic E-state index is 9.64. The van der Waals surface area contributed by atoms with E-state index in [2.05, 4.69) is 0 Å². The number of phenols is 1. The zero-order chi connectivity index (χ0) is 10.9. The van der Waals surface area contributed by atoms with E-state index in [9.17, 15) is 5.11 Å². The maximum Gasteiger partial charge on any atom is 0.140 e. The summed E-state index contributed by atoms with van der Waals surface area (Å²) in [5.41, 5.74) is 5.09. The highest BCUT2D eigenvalue weighted by atomic mass is 35.5. The molecule has 1 aromatic rings. The van der Waals surface area contributed by atoms with E-state index in [0.29, 0.717) is 5.56 Å². The number of hydrogen-bond acceptors (Lipinski definition) is 3. The Morgan fingerprint density at radius 3 is 2.50 bits per heavy atom. The summed E-state index contributed by atoms with van der Waals surface area (Å²) in [5.74, 6) is -0.182. The van der Waals surface area contributed by atoms with E-state index < -0.39 is 5.54 Å². The van der Waals surface area contributed by atoms with Crippen LogP contribution >= 0.6 is 23.2 Å². The van der Waals surface area contributed by atoms with E-state index >= 15 is 0 Å². The Morgan fingerprint density at radius 1 is 1.43 bits per heavy atom. The molecule has 1 unspecified atom stereocenters. The summed E-state index contributed by atoms with van der Waals surface area (Å²) >= 11 is 11.4. The highest BCUT2D eigenvalue weighted by Gasteiger charge is 2.25. The lowest BCUT2D eigenvalue weighted by atomic mass is 9.93. The van der Waals surface area contributed by atoms with Crippen LogP contribution in [-0.4, -0.2) is 16.8 Å². The zero-order valence-electron chi connectivity index (χ0n) is 7.59. The molecule has 0 saturated carbocycles. The molecule has 3 nitrogen and oxygen atoms in total. The van der Waals surface area contributed by atoms with E-state index in [-0.39, 0.29) is 22.4 Å². The molecule has 5 heteroatoms. The van der Waals surface area contributed by atoms with Gasteiger partial charge in [-0.25, -0.2) is 0 Å². The molecule has 0 aliphatic carbocycles. The van der Waals surface area contributed by atoms with Crippen LogP contribution in [0.15, 0.2) is 12.1 Å². The molecule has 0 aromatic heterocycles. The van der Waals surface area contributed by atoms with Crippen LogP contribution in [0.2, 0.25) is 10.0 Å². The standard InChI is InChI=1S/C9H11Cl2NO2/c1-9(12,4-13)5-2-3-6(10)7(11)8(5)14/h2-3,13-14H,4,12H2,1H3. The van der Waals surface area contributed by atoms with Crippen LogP contribution in [0.5, 0.6) is 5.75 Å². The molecular weight excluding hydrogens is 225 g/mol. The third kappa shape index (κ3) is 1.96. The Labute approximate surface area is 92.1 Å². The van der Waals surface area contributed by atoms with Gasteiger partial charge in [-0.05, 0) is 13.0 Å². The number of halogens is 2. The minimum absolute atomic E-state index is 0.0503. The van der Waals surface area contributed by atoms with Gasteiger partial charge in [0, 0.05) is 5.56 Å². The molecule has 0 radical (unpaired) electrons. The zero-order valence-corrected chi connectivity index (χ0v) is 9.10. The van der Waals surface area contributed by atoms with Crippen molar-refractivity contribution in [3.05, 3.63) is 27.7 Å². The molecule has 14 heavy (non-hydrogen) atoms. The van der Waals surface area contributed by atoms with Crippen molar-refractivity contribution in [2.24, 2.45) is 5.73 Å². The molecule has 0 aliphatic rings. The molecule has 1 atom stereocenters. The topological polar surface area (TPSA) is 66.5 Å². The molecule has 1 aromatic carbocycles. The highest BCUT2D eigenvalue weighted by Crippen LogP contribution is 2.37. The van der Waals surface area contributed by atoms with Gasteiger partial charge in [0.15, 0.2) is 0 Å². The number of aliphatic hydroxyl groups is 1. The van der Waals surface area contributed by atoms with Gasteiger partial charge in [-0.1, -0.05) is 29.3 Å². The minimum atomic E-state index is -1.03. The Bertz CT molecular complexity index is 353. The first kappa shape index (κ1) is 11.6. The largest absolute Gasteiger partial charge is 0.506 e. The summed E-state index contributed by atoms with van der Waals surface area (Å²) in [6, 6.07) is 3.07. The molecule has 0 fully saturated rings. The molecule has 78 valence electrons. The van der Waals surface area contributed by atoms with Crippen molar-refractivity contribution in [2.45, 2.75) is 12.5 Å². The van der Waals surface area contributed by atoms with Gasteiger partial charge in [-0.15, -0.1) is 0 Å². The van der Waals surface area contributed by atoms with Crippen molar-refractivity contribution in [3.8, 4) is 5.75 Å². The first-order chi connectivity index (χ1) is 6.40. The van der Waals surface area contributed by atoms with Crippen LogP contribution in [-0.2, 0) is 5.54 Å². The van der Waals surface area contributed by atoms with E-state index in [4.69, 9.17) is 34.0 Å². The maximum absolute atomic E-state index is 9.64. The van der Waals surface area contributed by atoms with Gasteiger partial charge >= 0.3 is 0 Å². The van der Waals surface area contributed by atoms with Crippen LogP contribution in [0.4, 0.5) is 0 Å². The van der Waals surface area contributed by atoms with Gasteiger partial charge in [0.25, 0.3) is 0 Å². The second kappa shape index (κ2) is 3.95. The molecule has 0 bridgehead atoms. The predicted molar refractivity (Wildman–Crippen MR) is 56.8 cm³/mol. The van der Waals surface area contributed by atoms with E-state index in [1.54, 1.807) is 13.0 Å². The van der Waals surface area contributed by atoms with Crippen molar-refractivity contribution >= 4 is 23.2 Å². The Kier molecular flexibility index (Phi) is 3.27. The Hall–Kier alpha value is -0.480. The molecular formula is C9H11Cl2NO2. The number of rotatable bonds is 2. The number of aromatic hydroxyl groups is 1. The van der Waals surface area contributed by atoms with Gasteiger partial charge in [-0.2, -0.15) is 0 Å². The molecule has 0 spiro atoms.